The van der Waals surface area contributed by atoms with Gasteiger partial charge in [-0.1, -0.05) is 18.2 Å². The second kappa shape index (κ2) is 6.34. The van der Waals surface area contributed by atoms with Crippen molar-refractivity contribution in [1.29, 1.82) is 0 Å². The van der Waals surface area contributed by atoms with Crippen LogP contribution in [0.1, 0.15) is 12.6 Å². The first-order chi connectivity index (χ1) is 9.65. The Balaban J connectivity index is 2.25. The summed E-state index contributed by atoms with van der Waals surface area (Å²) in [5.41, 5.74) is 1.33. The van der Waals surface area contributed by atoms with Crippen LogP contribution in [0.4, 0.5) is 0 Å². The second-order valence-electron chi connectivity index (χ2n) is 4.31. The lowest BCUT2D eigenvalue weighted by Crippen LogP contribution is -2.25. The molecule has 1 unspecified atom stereocenters. The van der Waals surface area contributed by atoms with Crippen LogP contribution in [0.5, 0.6) is 5.75 Å². The molecule has 5 nitrogen and oxygen atoms in total. The van der Waals surface area contributed by atoms with E-state index in [-0.39, 0.29) is 13.0 Å². The molecule has 0 aliphatic rings. The zero-order valence-electron chi connectivity index (χ0n) is 11.5. The van der Waals surface area contributed by atoms with Crippen LogP contribution in [0.15, 0.2) is 30.3 Å². The number of methoxy groups -OCH3 is 1. The highest BCUT2D eigenvalue weighted by Gasteiger charge is 2.17. The number of benzene rings is 1. The van der Waals surface area contributed by atoms with E-state index in [4.69, 9.17) is 9.47 Å². The van der Waals surface area contributed by atoms with E-state index < -0.39 is 12.1 Å². The average molecular weight is 275 g/mol. The van der Waals surface area contributed by atoms with Gasteiger partial charge < -0.3 is 14.6 Å². The maximum absolute atomic E-state index is 11.4. The van der Waals surface area contributed by atoms with E-state index >= 15 is 0 Å². The minimum Gasteiger partial charge on any atom is -0.494 e. The van der Waals surface area contributed by atoms with Gasteiger partial charge in [-0.15, -0.1) is 0 Å². The summed E-state index contributed by atoms with van der Waals surface area (Å²) in [6.45, 7) is 1.94. The molecule has 0 spiro atoms. The molecule has 20 heavy (non-hydrogen) atoms. The third-order valence-corrected chi connectivity index (χ3v) is 2.92. The Hall–Kier alpha value is -2.14. The molecule has 0 amide bonds. The number of esters is 1. The summed E-state index contributed by atoms with van der Waals surface area (Å²) >= 11 is 0. The molecule has 0 radical (unpaired) electrons. The molecule has 1 aromatic heterocycles. The Morgan fingerprint density at radius 3 is 2.85 bits per heavy atom. The first-order valence-electron chi connectivity index (χ1n) is 6.43. The van der Waals surface area contributed by atoms with Crippen molar-refractivity contribution in [3.8, 4) is 5.75 Å². The third kappa shape index (κ3) is 3.05. The van der Waals surface area contributed by atoms with Gasteiger partial charge in [0, 0.05) is 17.5 Å². The molecule has 1 N–H and O–H groups in total. The number of aliphatic hydroxyl groups excluding tert-OH is 1. The number of fused-ring (bicyclic) bond motifs is 1. The topological polar surface area (TPSA) is 68.7 Å². The zero-order valence-corrected chi connectivity index (χ0v) is 11.5. The van der Waals surface area contributed by atoms with E-state index in [0.717, 1.165) is 5.39 Å². The van der Waals surface area contributed by atoms with Crippen LogP contribution in [0, 0.1) is 0 Å². The highest BCUT2D eigenvalue weighted by Crippen LogP contribution is 2.23. The number of aromatic nitrogens is 1. The summed E-state index contributed by atoms with van der Waals surface area (Å²) in [6, 6.07) is 9.30. The van der Waals surface area contributed by atoms with Gasteiger partial charge >= 0.3 is 5.97 Å². The van der Waals surface area contributed by atoms with Crippen molar-refractivity contribution in [2.75, 3.05) is 13.7 Å². The summed E-state index contributed by atoms with van der Waals surface area (Å²) in [5, 5.41) is 10.7. The summed E-state index contributed by atoms with van der Waals surface area (Å²) in [4.78, 5) is 15.8. The van der Waals surface area contributed by atoms with Gasteiger partial charge in [0.2, 0.25) is 0 Å². The van der Waals surface area contributed by atoms with Gasteiger partial charge in [0.15, 0.2) is 6.10 Å². The number of nitrogens with zero attached hydrogens (tertiary/aromatic N) is 1. The maximum Gasteiger partial charge on any atom is 0.335 e. The molecule has 0 aliphatic heterocycles. The van der Waals surface area contributed by atoms with Crippen molar-refractivity contribution >= 4 is 16.9 Å². The molecule has 1 atom stereocenters. The molecule has 1 aromatic carbocycles. The molecule has 2 aromatic rings. The van der Waals surface area contributed by atoms with E-state index in [9.17, 15) is 9.90 Å². The van der Waals surface area contributed by atoms with Gasteiger partial charge in [0.1, 0.15) is 11.3 Å². The SMILES string of the molecule is CCOC(=O)C(O)Cc1ccc2cccc(OC)c2n1. The normalized spacial score (nSPS) is 12.2. The quantitative estimate of drug-likeness (QED) is 0.841. The Kier molecular flexibility index (Phi) is 4.53. The van der Waals surface area contributed by atoms with Gasteiger partial charge in [0.05, 0.1) is 13.7 Å². The first kappa shape index (κ1) is 14.3. The molecule has 0 saturated heterocycles. The van der Waals surface area contributed by atoms with Gasteiger partial charge in [-0.2, -0.15) is 0 Å². The van der Waals surface area contributed by atoms with Crippen molar-refractivity contribution < 1.29 is 19.4 Å². The molecular weight excluding hydrogens is 258 g/mol. The fourth-order valence-corrected chi connectivity index (χ4v) is 1.96. The first-order valence-corrected chi connectivity index (χ1v) is 6.43. The molecule has 0 saturated carbocycles. The van der Waals surface area contributed by atoms with Crippen LogP contribution in [-0.2, 0) is 16.0 Å². The largest absolute Gasteiger partial charge is 0.494 e. The van der Waals surface area contributed by atoms with Crippen LogP contribution in [0.2, 0.25) is 0 Å². The lowest BCUT2D eigenvalue weighted by atomic mass is 10.1. The lowest BCUT2D eigenvalue weighted by Gasteiger charge is -2.10. The van der Waals surface area contributed by atoms with Crippen molar-refractivity contribution in [3.63, 3.8) is 0 Å². The predicted molar refractivity (Wildman–Crippen MR) is 74.6 cm³/mol. The number of ether oxygens (including phenoxy) is 2. The number of aliphatic hydroxyl groups is 1. The molecule has 5 heteroatoms. The second-order valence-corrected chi connectivity index (χ2v) is 4.31. The number of hydrogen-bond donors (Lipinski definition) is 1. The van der Waals surface area contributed by atoms with Crippen LogP contribution in [0.3, 0.4) is 0 Å². The predicted octanol–water partition coefficient (Wildman–Crippen LogP) is 1.71. The van der Waals surface area contributed by atoms with Crippen molar-refractivity contribution in [3.05, 3.63) is 36.0 Å². The molecule has 0 fully saturated rings. The molecule has 2 rings (SSSR count). The van der Waals surface area contributed by atoms with Crippen molar-refractivity contribution in [1.82, 2.24) is 4.98 Å². The highest BCUT2D eigenvalue weighted by molar-refractivity contribution is 5.84. The summed E-state index contributed by atoms with van der Waals surface area (Å²) in [5.74, 6) is 0.0319. The van der Waals surface area contributed by atoms with Gasteiger partial charge in [-0.05, 0) is 19.1 Å². The van der Waals surface area contributed by atoms with Crippen molar-refractivity contribution in [2.45, 2.75) is 19.4 Å². The molecule has 0 aliphatic carbocycles. The summed E-state index contributed by atoms with van der Waals surface area (Å²) < 4.78 is 10.0. The number of pyridine rings is 1. The molecule has 1 heterocycles. The number of hydrogen-bond acceptors (Lipinski definition) is 5. The number of carbonyl (C=O) groups excluding carboxylic acids is 1. The van der Waals surface area contributed by atoms with Gasteiger partial charge in [0.25, 0.3) is 0 Å². The summed E-state index contributed by atoms with van der Waals surface area (Å²) in [6.07, 6.45) is -1.08. The fraction of sp³-hybridized carbons (Fsp3) is 0.333. The minimum atomic E-state index is -1.20. The fourth-order valence-electron chi connectivity index (χ4n) is 1.96. The number of rotatable bonds is 5. The smallest absolute Gasteiger partial charge is 0.335 e. The maximum atomic E-state index is 11.4. The molecule has 106 valence electrons. The van der Waals surface area contributed by atoms with Crippen LogP contribution < -0.4 is 4.74 Å². The number of para-hydroxylation sites is 1. The third-order valence-electron chi connectivity index (χ3n) is 2.92. The molecular formula is C15H17NO4. The minimum absolute atomic E-state index is 0.118. The van der Waals surface area contributed by atoms with Crippen LogP contribution >= 0.6 is 0 Å². The molecule has 0 bridgehead atoms. The zero-order chi connectivity index (χ0) is 14.5. The highest BCUT2D eigenvalue weighted by atomic mass is 16.5. The van der Waals surface area contributed by atoms with E-state index in [1.54, 1.807) is 20.1 Å². The van der Waals surface area contributed by atoms with Gasteiger partial charge in [-0.3, -0.25) is 0 Å². The van der Waals surface area contributed by atoms with E-state index in [0.29, 0.717) is 17.0 Å². The van der Waals surface area contributed by atoms with Crippen LogP contribution in [-0.4, -0.2) is 35.9 Å². The lowest BCUT2D eigenvalue weighted by molar-refractivity contribution is -0.152. The van der Waals surface area contributed by atoms with Crippen LogP contribution in [0.25, 0.3) is 10.9 Å². The Labute approximate surface area is 117 Å². The Morgan fingerprint density at radius 2 is 2.15 bits per heavy atom. The van der Waals surface area contributed by atoms with E-state index in [1.807, 2.05) is 24.3 Å². The standard InChI is InChI=1S/C15H17NO4/c1-3-20-15(18)12(17)9-11-8-7-10-5-4-6-13(19-2)14(10)16-11/h4-8,12,17H,3,9H2,1-2H3. The van der Waals surface area contributed by atoms with Crippen molar-refractivity contribution in [2.24, 2.45) is 0 Å². The summed E-state index contributed by atoms with van der Waals surface area (Å²) in [7, 11) is 1.58. The van der Waals surface area contributed by atoms with Gasteiger partial charge in [-0.25, -0.2) is 9.78 Å². The van der Waals surface area contributed by atoms with E-state index in [1.165, 1.54) is 0 Å². The Bertz CT molecular complexity index is 612. The average Bonchev–Trinajstić information content (AvgIpc) is 2.46. The monoisotopic (exact) mass is 275 g/mol. The van der Waals surface area contributed by atoms with E-state index in [2.05, 4.69) is 4.98 Å². The Morgan fingerprint density at radius 1 is 1.35 bits per heavy atom. The number of carbonyl (C=O) groups is 1.